The summed E-state index contributed by atoms with van der Waals surface area (Å²) < 4.78 is 10.7. The summed E-state index contributed by atoms with van der Waals surface area (Å²) in [7, 11) is 3.36. The molecule has 0 saturated carbocycles. The van der Waals surface area contributed by atoms with E-state index in [0.717, 1.165) is 59.9 Å². The van der Waals surface area contributed by atoms with Gasteiger partial charge in [0.05, 0.1) is 25.3 Å². The average Bonchev–Trinajstić information content (AvgIpc) is 3.04. The Bertz CT molecular complexity index is 765. The number of imidazole rings is 1. The molecule has 1 aromatic heterocycles. The highest BCUT2D eigenvalue weighted by Crippen LogP contribution is 2.23. The minimum atomic E-state index is 0.750. The molecule has 0 spiro atoms. The van der Waals surface area contributed by atoms with Crippen molar-refractivity contribution in [2.45, 2.75) is 19.4 Å². The van der Waals surface area contributed by atoms with Crippen LogP contribution in [0, 0.1) is 0 Å². The number of nitrogens with one attached hydrogen (secondary N) is 2. The van der Waals surface area contributed by atoms with Crippen LogP contribution < -0.4 is 14.8 Å². The number of hydrogen-bond acceptors (Lipinski definition) is 4. The summed E-state index contributed by atoms with van der Waals surface area (Å²) in [6.07, 6.45) is 1.95. The lowest BCUT2D eigenvalue weighted by molar-refractivity contribution is 0.397. The Kier molecular flexibility index (Phi) is 5.33. The van der Waals surface area contributed by atoms with E-state index in [1.54, 1.807) is 14.2 Å². The predicted octanol–water partition coefficient (Wildman–Crippen LogP) is 3.30. The van der Waals surface area contributed by atoms with Crippen molar-refractivity contribution in [1.29, 1.82) is 0 Å². The molecular formula is C19H23N3O2. The number of aromatic amines is 1. The first-order valence-electron chi connectivity index (χ1n) is 8.15. The van der Waals surface area contributed by atoms with Gasteiger partial charge in [-0.25, -0.2) is 4.98 Å². The molecule has 1 heterocycles. The van der Waals surface area contributed by atoms with Crippen LogP contribution >= 0.6 is 0 Å². The lowest BCUT2D eigenvalue weighted by Gasteiger charge is -2.11. The molecule has 0 radical (unpaired) electrons. The fraction of sp³-hybridized carbons (Fsp3) is 0.316. The maximum absolute atomic E-state index is 5.39. The van der Waals surface area contributed by atoms with Gasteiger partial charge in [-0.1, -0.05) is 12.1 Å². The van der Waals surface area contributed by atoms with E-state index in [-0.39, 0.29) is 0 Å². The van der Waals surface area contributed by atoms with Crippen LogP contribution in [-0.2, 0) is 13.0 Å². The zero-order valence-corrected chi connectivity index (χ0v) is 14.1. The van der Waals surface area contributed by atoms with Crippen molar-refractivity contribution in [3.8, 4) is 11.5 Å². The number of aryl methyl sites for hydroxylation is 1. The molecule has 5 nitrogen and oxygen atoms in total. The Labute approximate surface area is 142 Å². The zero-order valence-electron chi connectivity index (χ0n) is 14.1. The third-order valence-corrected chi connectivity index (χ3v) is 4.01. The van der Waals surface area contributed by atoms with Crippen LogP contribution in [0.4, 0.5) is 0 Å². The van der Waals surface area contributed by atoms with Crippen molar-refractivity contribution in [3.05, 3.63) is 53.9 Å². The minimum Gasteiger partial charge on any atom is -0.497 e. The van der Waals surface area contributed by atoms with E-state index >= 15 is 0 Å². The van der Waals surface area contributed by atoms with Gasteiger partial charge in [0.1, 0.15) is 17.3 Å². The normalized spacial score (nSPS) is 10.9. The van der Waals surface area contributed by atoms with Crippen molar-refractivity contribution in [3.63, 3.8) is 0 Å². The van der Waals surface area contributed by atoms with Gasteiger partial charge in [0, 0.05) is 18.5 Å². The minimum absolute atomic E-state index is 0.750. The standard InChI is InChI=1S/C19H23N3O2/c1-23-15-9-10-18(24-2)14(12-15)13-20-11-5-8-19-21-16-6-3-4-7-17(16)22-19/h3-4,6-7,9-10,12,20H,5,8,11,13H2,1-2H3,(H,21,22). The van der Waals surface area contributed by atoms with Gasteiger partial charge in [0.2, 0.25) is 0 Å². The second kappa shape index (κ2) is 7.84. The molecule has 0 amide bonds. The Morgan fingerprint density at radius 3 is 2.75 bits per heavy atom. The van der Waals surface area contributed by atoms with E-state index in [1.165, 1.54) is 0 Å². The molecular weight excluding hydrogens is 302 g/mol. The second-order valence-electron chi connectivity index (χ2n) is 5.66. The fourth-order valence-corrected chi connectivity index (χ4v) is 2.75. The summed E-state index contributed by atoms with van der Waals surface area (Å²) in [6, 6.07) is 14.0. The van der Waals surface area contributed by atoms with Gasteiger partial charge in [-0.05, 0) is 43.3 Å². The number of para-hydroxylation sites is 2. The van der Waals surface area contributed by atoms with Gasteiger partial charge in [-0.15, -0.1) is 0 Å². The number of ether oxygens (including phenoxy) is 2. The van der Waals surface area contributed by atoms with Crippen molar-refractivity contribution >= 4 is 11.0 Å². The highest BCUT2D eigenvalue weighted by Gasteiger charge is 2.05. The molecule has 0 bridgehead atoms. The van der Waals surface area contributed by atoms with Gasteiger partial charge >= 0.3 is 0 Å². The highest BCUT2D eigenvalue weighted by atomic mass is 16.5. The number of benzene rings is 2. The summed E-state index contributed by atoms with van der Waals surface area (Å²) in [4.78, 5) is 7.96. The second-order valence-corrected chi connectivity index (χ2v) is 5.66. The summed E-state index contributed by atoms with van der Waals surface area (Å²) in [5.74, 6) is 2.76. The van der Waals surface area contributed by atoms with E-state index in [9.17, 15) is 0 Å². The van der Waals surface area contributed by atoms with E-state index in [1.807, 2.05) is 36.4 Å². The first kappa shape index (κ1) is 16.3. The van der Waals surface area contributed by atoms with Crippen LogP contribution in [0.25, 0.3) is 11.0 Å². The molecule has 0 aliphatic heterocycles. The first-order chi connectivity index (χ1) is 11.8. The van der Waals surface area contributed by atoms with Gasteiger partial charge in [0.25, 0.3) is 0 Å². The number of methoxy groups -OCH3 is 2. The van der Waals surface area contributed by atoms with Gasteiger partial charge in [-0.2, -0.15) is 0 Å². The molecule has 3 rings (SSSR count). The monoisotopic (exact) mass is 325 g/mol. The molecule has 0 fully saturated rings. The number of aromatic nitrogens is 2. The molecule has 126 valence electrons. The number of nitrogens with zero attached hydrogens (tertiary/aromatic N) is 1. The molecule has 24 heavy (non-hydrogen) atoms. The van der Waals surface area contributed by atoms with Crippen LogP contribution in [-0.4, -0.2) is 30.7 Å². The molecule has 5 heteroatoms. The Morgan fingerprint density at radius 2 is 1.96 bits per heavy atom. The van der Waals surface area contributed by atoms with E-state index in [4.69, 9.17) is 9.47 Å². The van der Waals surface area contributed by atoms with E-state index in [2.05, 4.69) is 21.4 Å². The smallest absolute Gasteiger partial charge is 0.123 e. The number of rotatable bonds is 8. The largest absolute Gasteiger partial charge is 0.497 e. The van der Waals surface area contributed by atoms with E-state index in [0.29, 0.717) is 0 Å². The molecule has 0 saturated heterocycles. The van der Waals surface area contributed by atoms with Crippen LogP contribution in [0.1, 0.15) is 17.8 Å². The molecule has 3 aromatic rings. The summed E-state index contributed by atoms with van der Waals surface area (Å²) in [5, 5.41) is 3.45. The molecule has 0 unspecified atom stereocenters. The topological polar surface area (TPSA) is 59.2 Å². The lowest BCUT2D eigenvalue weighted by Crippen LogP contribution is -2.16. The van der Waals surface area contributed by atoms with Gasteiger partial charge < -0.3 is 19.8 Å². The van der Waals surface area contributed by atoms with Crippen LogP contribution in [0.2, 0.25) is 0 Å². The van der Waals surface area contributed by atoms with Crippen molar-refractivity contribution in [1.82, 2.24) is 15.3 Å². The SMILES string of the molecule is COc1ccc(OC)c(CNCCCc2nc3ccccc3[nH]2)c1. The Morgan fingerprint density at radius 1 is 1.08 bits per heavy atom. The summed E-state index contributed by atoms with van der Waals surface area (Å²) in [6.45, 7) is 1.66. The summed E-state index contributed by atoms with van der Waals surface area (Å²) in [5.41, 5.74) is 3.23. The van der Waals surface area contributed by atoms with E-state index < -0.39 is 0 Å². The number of hydrogen-bond donors (Lipinski definition) is 2. The van der Waals surface area contributed by atoms with Gasteiger partial charge in [-0.3, -0.25) is 0 Å². The quantitative estimate of drug-likeness (QED) is 0.624. The van der Waals surface area contributed by atoms with Crippen LogP contribution in [0.15, 0.2) is 42.5 Å². The average molecular weight is 325 g/mol. The molecule has 2 N–H and O–H groups in total. The molecule has 0 atom stereocenters. The molecule has 0 aliphatic rings. The molecule has 0 aliphatic carbocycles. The van der Waals surface area contributed by atoms with Crippen molar-refractivity contribution in [2.24, 2.45) is 0 Å². The van der Waals surface area contributed by atoms with Crippen LogP contribution in [0.5, 0.6) is 11.5 Å². The number of fused-ring (bicyclic) bond motifs is 1. The highest BCUT2D eigenvalue weighted by molar-refractivity contribution is 5.74. The predicted molar refractivity (Wildman–Crippen MR) is 95.7 cm³/mol. The molecule has 2 aromatic carbocycles. The number of H-pyrrole nitrogens is 1. The third-order valence-electron chi connectivity index (χ3n) is 4.01. The summed E-state index contributed by atoms with van der Waals surface area (Å²) >= 11 is 0. The zero-order chi connectivity index (χ0) is 16.8. The fourth-order valence-electron chi connectivity index (χ4n) is 2.75. The maximum atomic E-state index is 5.39. The maximum Gasteiger partial charge on any atom is 0.123 e. The third kappa shape index (κ3) is 3.86. The Balaban J connectivity index is 1.48. The van der Waals surface area contributed by atoms with Crippen molar-refractivity contribution < 1.29 is 9.47 Å². The van der Waals surface area contributed by atoms with Crippen LogP contribution in [0.3, 0.4) is 0 Å². The van der Waals surface area contributed by atoms with Crippen molar-refractivity contribution in [2.75, 3.05) is 20.8 Å². The Hall–Kier alpha value is -2.53. The lowest BCUT2D eigenvalue weighted by atomic mass is 10.2. The van der Waals surface area contributed by atoms with Gasteiger partial charge in [0.15, 0.2) is 0 Å². The first-order valence-corrected chi connectivity index (χ1v) is 8.15.